The van der Waals surface area contributed by atoms with Crippen LogP contribution in [0.3, 0.4) is 0 Å². The summed E-state index contributed by atoms with van der Waals surface area (Å²) in [6.45, 7) is -0.613. The van der Waals surface area contributed by atoms with E-state index in [0.717, 1.165) is 28.2 Å². The van der Waals surface area contributed by atoms with E-state index in [-0.39, 0.29) is 62.8 Å². The van der Waals surface area contributed by atoms with Gasteiger partial charge in [-0.05, 0) is 11.6 Å². The minimum Gasteiger partial charge on any atom is -0.394 e. The number of thioether (sulfide) groups is 1. The number of nitrogens with one attached hydrogen (secondary N) is 1. The molecule has 1 radical (unpaired) electrons. The number of para-hydroxylation sites is 1. The number of aromatic amines is 1. The molecule has 0 amide bonds. The summed E-state index contributed by atoms with van der Waals surface area (Å²) in [4.78, 5) is 3.05. The minimum absolute atomic E-state index is 0. The number of hydrogen-bond acceptors (Lipinski definition) is 10. The summed E-state index contributed by atoms with van der Waals surface area (Å²) in [5.74, 6) is 0. The normalized spacial score (nSPS) is 27.6. The summed E-state index contributed by atoms with van der Waals surface area (Å²) in [6.07, 6.45) is -4.11. The molecule has 14 heteroatoms. The summed E-state index contributed by atoms with van der Waals surface area (Å²) in [5, 5.41) is 43.5. The molecule has 0 bridgehead atoms. The number of aliphatic hydroxyl groups excluding tert-OH is 4. The van der Waals surface area contributed by atoms with Crippen molar-refractivity contribution in [3.63, 3.8) is 0 Å². The fraction of sp³-hybridized carbons (Fsp3) is 0.438. The molecule has 0 saturated carbocycles. The topological polar surface area (TPSA) is 182 Å². The molecule has 5 atom stereocenters. The SMILES string of the molecule is O=S(=O)(O)O/N=C(/Cc1c[nH]c2ccccc12)S[C@@H]1O[C@H](CO)[C@@H](O)[C@H](O)[C@H]1O.[K]. The van der Waals surface area contributed by atoms with Gasteiger partial charge in [0, 0.05) is 74.9 Å². The van der Waals surface area contributed by atoms with Crippen LogP contribution in [0.5, 0.6) is 0 Å². The van der Waals surface area contributed by atoms with E-state index >= 15 is 0 Å². The van der Waals surface area contributed by atoms with E-state index in [4.69, 9.17) is 9.29 Å². The molecule has 1 aliphatic rings. The predicted octanol–water partition coefficient (Wildman–Crippen LogP) is -1.00. The van der Waals surface area contributed by atoms with Crippen LogP contribution < -0.4 is 0 Å². The molecule has 2 heterocycles. The fourth-order valence-corrected chi connectivity index (χ4v) is 4.24. The number of aliphatic hydroxyl groups is 4. The summed E-state index contributed by atoms with van der Waals surface area (Å²) in [7, 11) is -4.87. The Morgan fingerprint density at radius 3 is 2.57 bits per heavy atom. The number of benzene rings is 1. The predicted molar refractivity (Wildman–Crippen MR) is 109 cm³/mol. The monoisotopic (exact) mass is 487 g/mol. The summed E-state index contributed by atoms with van der Waals surface area (Å²) in [5.41, 5.74) is 0.352. The van der Waals surface area contributed by atoms with Gasteiger partial charge in [-0.2, -0.15) is 8.42 Å². The maximum Gasteiger partial charge on any atom is 0.466 e. The van der Waals surface area contributed by atoms with Gasteiger partial charge in [0.15, 0.2) is 0 Å². The van der Waals surface area contributed by atoms with Crippen LogP contribution in [0.25, 0.3) is 10.9 Å². The zero-order valence-corrected chi connectivity index (χ0v) is 20.6. The molecule has 0 aliphatic carbocycles. The molecule has 3 rings (SSSR count). The number of fused-ring (bicyclic) bond motifs is 1. The summed E-state index contributed by atoms with van der Waals surface area (Å²) in [6, 6.07) is 7.33. The van der Waals surface area contributed by atoms with Crippen molar-refractivity contribution in [1.82, 2.24) is 4.98 Å². The Labute approximate surface area is 218 Å². The van der Waals surface area contributed by atoms with Gasteiger partial charge in [0.05, 0.1) is 6.61 Å². The average Bonchev–Trinajstić information content (AvgIpc) is 3.08. The van der Waals surface area contributed by atoms with Crippen LogP contribution in [0.2, 0.25) is 0 Å². The second-order valence-corrected chi connectivity index (χ2v) is 8.51. The van der Waals surface area contributed by atoms with Crippen molar-refractivity contribution in [2.45, 2.75) is 36.3 Å². The van der Waals surface area contributed by atoms with Gasteiger partial charge in [-0.3, -0.25) is 4.55 Å². The molecule has 1 fully saturated rings. The van der Waals surface area contributed by atoms with E-state index in [0.29, 0.717) is 0 Å². The van der Waals surface area contributed by atoms with Crippen LogP contribution >= 0.6 is 11.8 Å². The van der Waals surface area contributed by atoms with Crippen LogP contribution in [-0.2, 0) is 25.8 Å². The van der Waals surface area contributed by atoms with Gasteiger partial charge < -0.3 is 30.1 Å². The van der Waals surface area contributed by atoms with E-state index in [1.165, 1.54) is 0 Å². The maximum absolute atomic E-state index is 10.9. The van der Waals surface area contributed by atoms with E-state index in [2.05, 4.69) is 14.4 Å². The molecule has 1 aromatic carbocycles. The Morgan fingerprint density at radius 1 is 1.20 bits per heavy atom. The zero-order valence-electron chi connectivity index (χ0n) is 15.8. The van der Waals surface area contributed by atoms with Crippen LogP contribution in [-0.4, -0.2) is 131 Å². The van der Waals surface area contributed by atoms with Gasteiger partial charge in [-0.15, -0.1) is 0 Å². The third-order valence-corrected chi connectivity index (χ3v) is 5.73. The fourth-order valence-electron chi connectivity index (χ4n) is 2.92. The molecule has 1 aromatic heterocycles. The summed E-state index contributed by atoms with van der Waals surface area (Å²) < 4.78 is 40.2. The molecule has 161 valence electrons. The van der Waals surface area contributed by atoms with Gasteiger partial charge in [0.2, 0.25) is 0 Å². The van der Waals surface area contributed by atoms with Crippen molar-refractivity contribution < 1.29 is 42.4 Å². The Bertz CT molecular complexity index is 982. The second kappa shape index (κ2) is 11.2. The first-order valence-electron chi connectivity index (χ1n) is 8.44. The van der Waals surface area contributed by atoms with Gasteiger partial charge >= 0.3 is 10.4 Å². The number of hydrogen-bond donors (Lipinski definition) is 6. The van der Waals surface area contributed by atoms with Gasteiger partial charge in [-0.1, -0.05) is 35.1 Å². The van der Waals surface area contributed by atoms with E-state index in [9.17, 15) is 28.8 Å². The average molecular weight is 488 g/mol. The van der Waals surface area contributed by atoms with E-state index in [1.807, 2.05) is 24.3 Å². The van der Waals surface area contributed by atoms with Crippen molar-refractivity contribution in [3.05, 3.63) is 36.0 Å². The third-order valence-electron chi connectivity index (χ3n) is 4.35. The number of nitrogens with zero attached hydrogens (tertiary/aromatic N) is 1. The van der Waals surface area contributed by atoms with Gasteiger partial charge in [-0.25, -0.2) is 4.28 Å². The Morgan fingerprint density at radius 2 is 1.90 bits per heavy atom. The molecule has 0 unspecified atom stereocenters. The molecule has 1 aliphatic heterocycles. The Balaban J connectivity index is 0.00000320. The first-order valence-corrected chi connectivity index (χ1v) is 10.7. The van der Waals surface area contributed by atoms with Crippen molar-refractivity contribution in [1.29, 1.82) is 0 Å². The van der Waals surface area contributed by atoms with Crippen LogP contribution in [0, 0.1) is 0 Å². The molecular formula is C16H20KN2O9S2. The Hall–Kier alpha value is -0.0736. The standard InChI is InChI=1S/C16H20N2O9S2.K/c19-7-11-13(20)14(21)15(22)16(26-11)28-12(18-27-29(23,24)25)5-8-6-17-10-4-2-1-3-9(8)10;/h1-4,6,11,13-17,19-22H,5,7H2,(H,23,24,25);/b18-12-;/t11-,13-,14+,15-,16+;/m1./s1. The van der Waals surface area contributed by atoms with Crippen molar-refractivity contribution >= 4 is 89.5 Å². The molecule has 30 heavy (non-hydrogen) atoms. The second-order valence-electron chi connectivity index (χ2n) is 6.34. The third kappa shape index (κ3) is 6.47. The van der Waals surface area contributed by atoms with E-state index < -0.39 is 46.9 Å². The van der Waals surface area contributed by atoms with Crippen molar-refractivity contribution in [2.75, 3.05) is 6.61 Å². The first kappa shape index (κ1) is 26.2. The molecule has 0 spiro atoms. The number of aromatic nitrogens is 1. The van der Waals surface area contributed by atoms with Crippen LogP contribution in [0.4, 0.5) is 0 Å². The molecule has 2 aromatic rings. The number of ether oxygens (including phenoxy) is 1. The van der Waals surface area contributed by atoms with Crippen LogP contribution in [0.1, 0.15) is 5.56 Å². The van der Waals surface area contributed by atoms with E-state index in [1.54, 1.807) is 6.20 Å². The molecule has 1 saturated heterocycles. The number of H-pyrrole nitrogens is 1. The summed E-state index contributed by atoms with van der Waals surface area (Å²) >= 11 is 0.727. The van der Waals surface area contributed by atoms with Crippen molar-refractivity contribution in [2.24, 2.45) is 5.16 Å². The van der Waals surface area contributed by atoms with Crippen LogP contribution in [0.15, 0.2) is 35.6 Å². The smallest absolute Gasteiger partial charge is 0.394 e. The first-order chi connectivity index (χ1) is 13.7. The molecular weight excluding hydrogens is 467 g/mol. The largest absolute Gasteiger partial charge is 0.466 e. The molecule has 6 N–H and O–H groups in total. The number of oxime groups is 1. The van der Waals surface area contributed by atoms with Gasteiger partial charge in [0.1, 0.15) is 34.9 Å². The maximum atomic E-state index is 10.9. The zero-order chi connectivity index (χ0) is 21.2. The van der Waals surface area contributed by atoms with Crippen molar-refractivity contribution in [3.8, 4) is 0 Å². The number of rotatable bonds is 6. The minimum atomic E-state index is -4.87. The van der Waals surface area contributed by atoms with Gasteiger partial charge in [0.25, 0.3) is 0 Å². The quantitative estimate of drug-likeness (QED) is 0.0971. The Kier molecular flexibility index (Phi) is 9.75. The molecule has 11 nitrogen and oxygen atoms in total.